The van der Waals surface area contributed by atoms with Crippen LogP contribution in [0.25, 0.3) is 0 Å². The molecule has 0 fully saturated rings. The molecule has 0 amide bonds. The molecule has 70 heavy (non-hydrogen) atoms. The summed E-state index contributed by atoms with van der Waals surface area (Å²) < 4.78 is 106. The van der Waals surface area contributed by atoms with Crippen molar-refractivity contribution in [1.82, 2.24) is 0 Å². The Morgan fingerprint density at radius 2 is 0.429 bits per heavy atom. The second-order valence-corrected chi connectivity index (χ2v) is 25.1. The van der Waals surface area contributed by atoms with Crippen LogP contribution in [0.4, 0.5) is 0 Å². The third-order valence-electron chi connectivity index (χ3n) is 12.2. The number of allylic oxidation sites excluding steroid dienone is 6. The summed E-state index contributed by atoms with van der Waals surface area (Å²) >= 11 is -4.56. The van der Waals surface area contributed by atoms with Gasteiger partial charge in [-0.25, -0.2) is 0 Å². The van der Waals surface area contributed by atoms with Crippen LogP contribution in [0.2, 0.25) is 0 Å². The monoisotopic (exact) mass is 1070 g/mol. The number of unbranched alkanes of at least 4 members (excludes halogenated alkanes) is 36. The summed E-state index contributed by atoms with van der Waals surface area (Å²) in [6, 6.07) is 0. The standard InChI is InChI=1S/3C18H36O4S.Al/c3*1-2-3-4-5-6-7-8-9-10-11-12-13-14-15-16-17-18-22-23(19,20)21;/h3*9-10H,2-8,11-18H2,1H3,(H,19,20,21);/q;;;+3/p-3/b3*10-9-;. The highest BCUT2D eigenvalue weighted by molar-refractivity contribution is 7.85. The maximum atomic E-state index is 12.8. The van der Waals surface area contributed by atoms with Gasteiger partial charge in [-0.1, -0.05) is 231 Å². The minimum atomic E-state index is -4.90. The largest absolute Gasteiger partial charge is 0.956 e. The molecule has 0 bridgehead atoms. The van der Waals surface area contributed by atoms with E-state index in [9.17, 15) is 25.3 Å². The lowest BCUT2D eigenvalue weighted by Gasteiger charge is -2.14. The van der Waals surface area contributed by atoms with Gasteiger partial charge in [0.2, 0.25) is 0 Å². The maximum Gasteiger partial charge on any atom is 0.956 e. The van der Waals surface area contributed by atoms with Gasteiger partial charge < -0.3 is 9.70 Å². The van der Waals surface area contributed by atoms with Crippen LogP contribution in [0.1, 0.15) is 290 Å². The first-order valence-corrected chi connectivity index (χ1v) is 34.1. The summed E-state index contributed by atoms with van der Waals surface area (Å²) in [6.45, 7) is 6.00. The van der Waals surface area contributed by atoms with Crippen molar-refractivity contribution in [3.63, 3.8) is 0 Å². The average Bonchev–Trinajstić information content (AvgIpc) is 3.31. The molecule has 0 unspecified atom stereocenters. The van der Waals surface area contributed by atoms with Crippen LogP contribution >= 0.6 is 0 Å². The third kappa shape index (κ3) is 53.6. The first kappa shape index (κ1) is 69.4. The summed E-state index contributed by atoms with van der Waals surface area (Å²) in [5, 5.41) is 0. The Hall–Kier alpha value is -0.638. The first-order valence-electron chi connectivity index (χ1n) is 28.6. The molecule has 0 aromatic carbocycles. The van der Waals surface area contributed by atoms with Crippen molar-refractivity contribution in [2.75, 3.05) is 19.8 Å². The molecule has 16 heteroatoms. The molecule has 414 valence electrons. The second kappa shape index (κ2) is 51.8. The Morgan fingerprint density at radius 1 is 0.257 bits per heavy atom. The number of rotatable bonds is 57. The van der Waals surface area contributed by atoms with E-state index in [0.717, 1.165) is 135 Å². The van der Waals surface area contributed by atoms with Gasteiger partial charge in [0.15, 0.2) is 0 Å². The molecular weight excluding hydrogens is 964 g/mol. The summed E-state index contributed by atoms with van der Waals surface area (Å²) in [5.41, 5.74) is 0. The Labute approximate surface area is 438 Å². The van der Waals surface area contributed by atoms with Crippen LogP contribution in [0.15, 0.2) is 36.5 Å². The SMILES string of the molecule is CCCCCCCC/C=C\CCCCCCCCOS(=O)(=O)[O][Al]([O]S(=O)(=O)OCCCCCCCC/C=C\CCCCCCCC)[O]S(=O)(=O)OCCCCCCCC/C=C\CCCCCCCC. The average molecular weight is 1070 g/mol. The van der Waals surface area contributed by atoms with Crippen LogP contribution in [-0.2, 0) is 53.5 Å². The second-order valence-electron chi connectivity index (χ2n) is 19.1. The van der Waals surface area contributed by atoms with Gasteiger partial charge in [0, 0.05) is 0 Å². The first-order chi connectivity index (χ1) is 34.0. The lowest BCUT2D eigenvalue weighted by atomic mass is 10.1. The topological polar surface area (TPSA) is 158 Å². The van der Waals surface area contributed by atoms with E-state index in [4.69, 9.17) is 22.3 Å². The van der Waals surface area contributed by atoms with E-state index in [-0.39, 0.29) is 19.8 Å². The summed E-state index contributed by atoms with van der Waals surface area (Å²) in [7, 11) is -14.7. The van der Waals surface area contributed by atoms with Crippen LogP contribution in [-0.4, -0.2) is 60.2 Å². The molecule has 0 rings (SSSR count). The summed E-state index contributed by atoms with van der Waals surface area (Å²) in [5.74, 6) is 0. The van der Waals surface area contributed by atoms with E-state index in [1.165, 1.54) is 116 Å². The van der Waals surface area contributed by atoms with E-state index in [1.54, 1.807) is 0 Å². The molecule has 0 radical (unpaired) electrons. The van der Waals surface area contributed by atoms with E-state index < -0.39 is 46.3 Å². The maximum absolute atomic E-state index is 12.8. The van der Waals surface area contributed by atoms with Crippen LogP contribution in [0.5, 0.6) is 0 Å². The Morgan fingerprint density at radius 3 is 0.629 bits per heavy atom. The van der Waals surface area contributed by atoms with E-state index in [1.807, 2.05) is 0 Å². The molecule has 0 aliphatic carbocycles. The van der Waals surface area contributed by atoms with Crippen molar-refractivity contribution < 1.29 is 47.5 Å². The minimum absolute atomic E-state index is 0.233. The van der Waals surface area contributed by atoms with Crippen molar-refractivity contribution in [3.05, 3.63) is 36.5 Å². The quantitative estimate of drug-likeness (QED) is 0.0323. The molecule has 0 heterocycles. The molecule has 12 nitrogen and oxygen atoms in total. The number of hydrogen-bond donors (Lipinski definition) is 0. The van der Waals surface area contributed by atoms with Crippen molar-refractivity contribution in [1.29, 1.82) is 0 Å². The van der Waals surface area contributed by atoms with Gasteiger partial charge in [0.1, 0.15) is 0 Å². The zero-order valence-corrected chi connectivity index (χ0v) is 48.6. The van der Waals surface area contributed by atoms with Gasteiger partial charge in [-0.3, -0.25) is 12.5 Å². The molecule has 0 saturated carbocycles. The van der Waals surface area contributed by atoms with Crippen LogP contribution in [0, 0.1) is 0 Å². The predicted molar refractivity (Wildman–Crippen MR) is 292 cm³/mol. The van der Waals surface area contributed by atoms with Crippen molar-refractivity contribution in [2.45, 2.75) is 290 Å². The highest BCUT2D eigenvalue weighted by atomic mass is 32.3. The highest BCUT2D eigenvalue weighted by Crippen LogP contribution is 2.17. The van der Waals surface area contributed by atoms with E-state index >= 15 is 0 Å². The van der Waals surface area contributed by atoms with E-state index in [0.29, 0.717) is 19.3 Å². The fraction of sp³-hybridized carbons (Fsp3) is 0.889. The van der Waals surface area contributed by atoms with E-state index in [2.05, 4.69) is 57.2 Å². The molecule has 0 atom stereocenters. The zero-order valence-electron chi connectivity index (χ0n) is 45.0. The van der Waals surface area contributed by atoms with Gasteiger partial charge in [0.25, 0.3) is 0 Å². The molecular formula is C54H105AlO12S3. The fourth-order valence-corrected chi connectivity index (χ4v) is 13.1. The molecule has 0 spiro atoms. The van der Waals surface area contributed by atoms with Gasteiger partial charge in [-0.15, -0.1) is 0 Å². The molecule has 0 N–H and O–H groups in total. The molecule has 0 aliphatic rings. The molecule has 0 saturated heterocycles. The Balaban J connectivity index is 4.74. The highest BCUT2D eigenvalue weighted by Gasteiger charge is 2.48. The molecule has 0 aliphatic heterocycles. The van der Waals surface area contributed by atoms with Gasteiger partial charge in [0.05, 0.1) is 19.8 Å². The lowest BCUT2D eigenvalue weighted by Crippen LogP contribution is -2.36. The van der Waals surface area contributed by atoms with Gasteiger partial charge in [-0.05, 0) is 96.3 Å². The van der Waals surface area contributed by atoms with Crippen LogP contribution in [0.3, 0.4) is 0 Å². The van der Waals surface area contributed by atoms with Crippen molar-refractivity contribution in [3.8, 4) is 0 Å². The zero-order chi connectivity index (χ0) is 51.4. The minimum Gasteiger partial charge on any atom is -0.319 e. The Kier molecular flexibility index (Phi) is 51.4. The predicted octanol–water partition coefficient (Wildman–Crippen LogP) is 16.9. The molecule has 0 aromatic heterocycles. The van der Waals surface area contributed by atoms with Crippen molar-refractivity contribution >= 4 is 46.3 Å². The smallest absolute Gasteiger partial charge is 0.319 e. The third-order valence-corrected chi connectivity index (χ3v) is 18.3. The number of hydrogen-bond acceptors (Lipinski definition) is 12. The normalized spacial score (nSPS) is 12.7. The van der Waals surface area contributed by atoms with Gasteiger partial charge >= 0.3 is 46.3 Å². The summed E-state index contributed by atoms with van der Waals surface area (Å²) in [4.78, 5) is 0. The molecule has 0 aromatic rings. The summed E-state index contributed by atoms with van der Waals surface area (Å²) in [6.07, 6.45) is 59.4. The van der Waals surface area contributed by atoms with Crippen molar-refractivity contribution in [2.24, 2.45) is 0 Å². The lowest BCUT2D eigenvalue weighted by molar-refractivity contribution is 0.200. The van der Waals surface area contributed by atoms with Crippen LogP contribution < -0.4 is 0 Å². The fourth-order valence-electron chi connectivity index (χ4n) is 7.95. The van der Waals surface area contributed by atoms with Gasteiger partial charge in [-0.2, -0.15) is 25.3 Å². The Bertz CT molecular complexity index is 1360.